The van der Waals surface area contributed by atoms with Crippen LogP contribution in [0.15, 0.2) is 77.8 Å². The molecular weight excluding hydrogens is 262 g/mol. The van der Waals surface area contributed by atoms with E-state index in [1.807, 2.05) is 48.5 Å². The SMILES string of the molecule is O=C(O)C(=Nc1cccc2ccccc12)c1ccccc1. The highest BCUT2D eigenvalue weighted by Crippen LogP contribution is 2.26. The Bertz CT molecular complexity index is 818. The van der Waals surface area contributed by atoms with E-state index in [1.165, 1.54) is 0 Å². The zero-order chi connectivity index (χ0) is 14.7. The van der Waals surface area contributed by atoms with Crippen LogP contribution in [0, 0.1) is 0 Å². The van der Waals surface area contributed by atoms with Gasteiger partial charge in [0.1, 0.15) is 0 Å². The molecule has 3 aromatic carbocycles. The summed E-state index contributed by atoms with van der Waals surface area (Å²) < 4.78 is 0. The van der Waals surface area contributed by atoms with Gasteiger partial charge in [-0.1, -0.05) is 66.7 Å². The number of benzene rings is 3. The van der Waals surface area contributed by atoms with Crippen molar-refractivity contribution in [3.8, 4) is 0 Å². The van der Waals surface area contributed by atoms with E-state index in [-0.39, 0.29) is 5.71 Å². The predicted molar refractivity (Wildman–Crippen MR) is 84.2 cm³/mol. The number of carboxylic acid groups (broad SMARTS) is 1. The molecule has 0 bridgehead atoms. The summed E-state index contributed by atoms with van der Waals surface area (Å²) in [5.74, 6) is -1.03. The van der Waals surface area contributed by atoms with E-state index in [9.17, 15) is 9.90 Å². The fourth-order valence-corrected chi connectivity index (χ4v) is 2.26. The van der Waals surface area contributed by atoms with Crippen molar-refractivity contribution < 1.29 is 9.90 Å². The van der Waals surface area contributed by atoms with Crippen molar-refractivity contribution in [3.63, 3.8) is 0 Å². The van der Waals surface area contributed by atoms with E-state index in [0.29, 0.717) is 11.3 Å². The number of nitrogens with zero attached hydrogens (tertiary/aromatic N) is 1. The quantitative estimate of drug-likeness (QED) is 0.733. The lowest BCUT2D eigenvalue weighted by atomic mass is 10.1. The van der Waals surface area contributed by atoms with Crippen molar-refractivity contribution in [1.82, 2.24) is 0 Å². The van der Waals surface area contributed by atoms with Crippen LogP contribution in [0.2, 0.25) is 0 Å². The highest BCUT2D eigenvalue weighted by molar-refractivity contribution is 6.43. The number of carboxylic acids is 1. The van der Waals surface area contributed by atoms with E-state index in [1.54, 1.807) is 24.3 Å². The Morgan fingerprint density at radius 2 is 1.48 bits per heavy atom. The summed E-state index contributed by atoms with van der Waals surface area (Å²) in [6.07, 6.45) is 0. The Kier molecular flexibility index (Phi) is 3.48. The smallest absolute Gasteiger partial charge is 0.355 e. The third-order valence-corrected chi connectivity index (χ3v) is 3.25. The maximum atomic E-state index is 11.5. The van der Waals surface area contributed by atoms with Crippen LogP contribution in [0.25, 0.3) is 10.8 Å². The number of hydrogen-bond acceptors (Lipinski definition) is 2. The molecule has 0 radical (unpaired) electrons. The topological polar surface area (TPSA) is 49.7 Å². The third-order valence-electron chi connectivity index (χ3n) is 3.25. The molecule has 0 aromatic heterocycles. The molecule has 21 heavy (non-hydrogen) atoms. The van der Waals surface area contributed by atoms with Crippen LogP contribution in [-0.4, -0.2) is 16.8 Å². The highest BCUT2D eigenvalue weighted by atomic mass is 16.4. The number of aliphatic imine (C=N–C) groups is 1. The second-order valence-corrected chi connectivity index (χ2v) is 4.63. The molecule has 0 aliphatic carbocycles. The van der Waals surface area contributed by atoms with E-state index >= 15 is 0 Å². The van der Waals surface area contributed by atoms with Gasteiger partial charge in [-0.3, -0.25) is 0 Å². The predicted octanol–water partition coefficient (Wildman–Crippen LogP) is 4.05. The summed E-state index contributed by atoms with van der Waals surface area (Å²) in [6.45, 7) is 0. The number of fused-ring (bicyclic) bond motifs is 1. The molecule has 0 aliphatic heterocycles. The maximum Gasteiger partial charge on any atom is 0.355 e. The highest BCUT2D eigenvalue weighted by Gasteiger charge is 2.12. The summed E-state index contributed by atoms with van der Waals surface area (Å²) in [5.41, 5.74) is 1.30. The first kappa shape index (κ1) is 13.1. The van der Waals surface area contributed by atoms with Crippen LogP contribution in [0.1, 0.15) is 5.56 Å². The van der Waals surface area contributed by atoms with Gasteiger partial charge in [-0.15, -0.1) is 0 Å². The first-order valence-electron chi connectivity index (χ1n) is 6.61. The molecule has 3 aromatic rings. The summed E-state index contributed by atoms with van der Waals surface area (Å²) >= 11 is 0. The molecule has 0 aliphatic rings. The van der Waals surface area contributed by atoms with Crippen LogP contribution >= 0.6 is 0 Å². The average Bonchev–Trinajstić information content (AvgIpc) is 2.53. The lowest BCUT2D eigenvalue weighted by Crippen LogP contribution is -2.13. The third kappa shape index (κ3) is 2.67. The number of aliphatic carboxylic acids is 1. The van der Waals surface area contributed by atoms with Crippen LogP contribution in [-0.2, 0) is 4.79 Å². The summed E-state index contributed by atoms with van der Waals surface area (Å²) in [6, 6.07) is 22.4. The van der Waals surface area contributed by atoms with Crippen molar-refractivity contribution in [2.24, 2.45) is 4.99 Å². The molecule has 0 heterocycles. The zero-order valence-corrected chi connectivity index (χ0v) is 11.2. The summed E-state index contributed by atoms with van der Waals surface area (Å²) in [5, 5.41) is 11.4. The molecule has 0 spiro atoms. The van der Waals surface area contributed by atoms with Crippen molar-refractivity contribution in [3.05, 3.63) is 78.4 Å². The van der Waals surface area contributed by atoms with Crippen LogP contribution in [0.4, 0.5) is 5.69 Å². The molecular formula is C18H13NO2. The Morgan fingerprint density at radius 3 is 2.24 bits per heavy atom. The van der Waals surface area contributed by atoms with Gasteiger partial charge >= 0.3 is 5.97 Å². The molecule has 3 nitrogen and oxygen atoms in total. The Hall–Kier alpha value is -2.94. The van der Waals surface area contributed by atoms with Crippen LogP contribution in [0.5, 0.6) is 0 Å². The molecule has 3 heteroatoms. The van der Waals surface area contributed by atoms with Gasteiger partial charge < -0.3 is 5.11 Å². The number of hydrogen-bond donors (Lipinski definition) is 1. The second-order valence-electron chi connectivity index (χ2n) is 4.63. The molecule has 0 saturated heterocycles. The monoisotopic (exact) mass is 275 g/mol. The summed E-state index contributed by atoms with van der Waals surface area (Å²) in [4.78, 5) is 15.9. The van der Waals surface area contributed by atoms with Gasteiger partial charge in [0.25, 0.3) is 0 Å². The minimum atomic E-state index is -1.03. The minimum Gasteiger partial charge on any atom is -0.476 e. The molecule has 102 valence electrons. The van der Waals surface area contributed by atoms with Crippen molar-refractivity contribution >= 4 is 28.1 Å². The lowest BCUT2D eigenvalue weighted by molar-refractivity contribution is -0.129. The molecule has 3 rings (SSSR count). The van der Waals surface area contributed by atoms with Crippen LogP contribution in [0.3, 0.4) is 0 Å². The van der Waals surface area contributed by atoms with Gasteiger partial charge in [0, 0.05) is 10.9 Å². The van der Waals surface area contributed by atoms with Crippen molar-refractivity contribution in [2.45, 2.75) is 0 Å². The van der Waals surface area contributed by atoms with E-state index in [0.717, 1.165) is 10.8 Å². The average molecular weight is 275 g/mol. The van der Waals surface area contributed by atoms with Gasteiger partial charge in [0.05, 0.1) is 5.69 Å². The van der Waals surface area contributed by atoms with E-state index in [4.69, 9.17) is 0 Å². The summed E-state index contributed by atoms with van der Waals surface area (Å²) in [7, 11) is 0. The first-order chi connectivity index (χ1) is 10.3. The zero-order valence-electron chi connectivity index (χ0n) is 11.2. The van der Waals surface area contributed by atoms with Crippen LogP contribution < -0.4 is 0 Å². The van der Waals surface area contributed by atoms with E-state index in [2.05, 4.69) is 4.99 Å². The molecule has 0 fully saturated rings. The molecule has 0 unspecified atom stereocenters. The largest absolute Gasteiger partial charge is 0.476 e. The molecule has 0 atom stereocenters. The van der Waals surface area contributed by atoms with E-state index < -0.39 is 5.97 Å². The van der Waals surface area contributed by atoms with Crippen molar-refractivity contribution in [1.29, 1.82) is 0 Å². The Morgan fingerprint density at radius 1 is 0.810 bits per heavy atom. The molecule has 1 N–H and O–H groups in total. The fourth-order valence-electron chi connectivity index (χ4n) is 2.26. The van der Waals surface area contributed by atoms with Gasteiger partial charge in [-0.25, -0.2) is 9.79 Å². The first-order valence-corrected chi connectivity index (χ1v) is 6.61. The van der Waals surface area contributed by atoms with Gasteiger partial charge in [0.2, 0.25) is 0 Å². The van der Waals surface area contributed by atoms with Gasteiger partial charge in [-0.05, 0) is 11.5 Å². The lowest BCUT2D eigenvalue weighted by Gasteiger charge is -2.05. The number of rotatable bonds is 3. The van der Waals surface area contributed by atoms with Gasteiger partial charge in [-0.2, -0.15) is 0 Å². The standard InChI is InChI=1S/C18H13NO2/c20-18(21)17(14-8-2-1-3-9-14)19-16-12-6-10-13-7-4-5-11-15(13)16/h1-12H,(H,20,21). The second kappa shape index (κ2) is 5.59. The molecule has 0 saturated carbocycles. The Balaban J connectivity index is 2.19. The van der Waals surface area contributed by atoms with Gasteiger partial charge in [0.15, 0.2) is 5.71 Å². The van der Waals surface area contributed by atoms with Crippen molar-refractivity contribution in [2.75, 3.05) is 0 Å². The normalized spacial score (nSPS) is 11.5. The number of carbonyl (C=O) groups is 1. The fraction of sp³-hybridized carbons (Fsp3) is 0. The maximum absolute atomic E-state index is 11.5. The Labute approximate surface area is 122 Å². The molecule has 0 amide bonds. The minimum absolute atomic E-state index is 0.0481.